The average Bonchev–Trinajstić information content (AvgIpc) is 2.69. The Kier molecular flexibility index (Phi) is 8.01. The minimum Gasteiger partial charge on any atom is -0.508 e. The van der Waals surface area contributed by atoms with Crippen molar-refractivity contribution in [2.75, 3.05) is 19.3 Å². The van der Waals surface area contributed by atoms with Gasteiger partial charge in [-0.2, -0.15) is 8.42 Å². The van der Waals surface area contributed by atoms with Crippen LogP contribution in [0.3, 0.4) is 0 Å². The third-order valence-corrected chi connectivity index (χ3v) is 5.53. The van der Waals surface area contributed by atoms with Gasteiger partial charge >= 0.3 is 0 Å². The van der Waals surface area contributed by atoms with E-state index in [1.807, 2.05) is 50.2 Å². The Morgan fingerprint density at radius 1 is 1.07 bits per heavy atom. The predicted octanol–water partition coefficient (Wildman–Crippen LogP) is 2.61. The summed E-state index contributed by atoms with van der Waals surface area (Å²) in [5, 5.41) is 31.3. The number of hydrogen-bond acceptors (Lipinski definition) is 6. The van der Waals surface area contributed by atoms with E-state index in [-0.39, 0.29) is 11.8 Å². The monoisotopic (exact) mass is 437 g/mol. The van der Waals surface area contributed by atoms with Crippen molar-refractivity contribution in [1.29, 1.82) is 0 Å². The van der Waals surface area contributed by atoms with E-state index >= 15 is 0 Å². The van der Waals surface area contributed by atoms with Gasteiger partial charge in [-0.25, -0.2) is 0 Å². The molecule has 0 aliphatic carbocycles. The normalized spacial score (nSPS) is 18.7. The van der Waals surface area contributed by atoms with Crippen molar-refractivity contribution in [1.82, 2.24) is 4.90 Å². The van der Waals surface area contributed by atoms with Gasteiger partial charge in [0.1, 0.15) is 5.75 Å². The lowest BCUT2D eigenvalue weighted by atomic mass is 9.83. The van der Waals surface area contributed by atoms with Crippen LogP contribution in [0.1, 0.15) is 42.6 Å². The van der Waals surface area contributed by atoms with Gasteiger partial charge in [0, 0.05) is 19.1 Å². The second-order valence-corrected chi connectivity index (χ2v) is 9.36. The zero-order valence-electron chi connectivity index (χ0n) is 17.6. The number of benzene rings is 2. The van der Waals surface area contributed by atoms with Crippen LogP contribution in [-0.2, 0) is 15.7 Å². The smallest absolute Gasteiger partial charge is 0.261 e. The maximum atomic E-state index is 10.9. The van der Waals surface area contributed by atoms with Crippen LogP contribution in [-0.4, -0.2) is 58.6 Å². The highest BCUT2D eigenvalue weighted by Gasteiger charge is 2.36. The van der Waals surface area contributed by atoms with Crippen LogP contribution in [0.25, 0.3) is 0 Å². The molecule has 2 aromatic rings. The summed E-state index contributed by atoms with van der Waals surface area (Å²) in [6.07, 6.45) is 1.40. The minimum atomic E-state index is -3.67. The summed E-state index contributed by atoms with van der Waals surface area (Å²) in [7, 11) is -3.67. The Hall–Kier alpha value is -1.97. The highest BCUT2D eigenvalue weighted by molar-refractivity contribution is 7.85. The summed E-state index contributed by atoms with van der Waals surface area (Å²) < 4.78 is 25.9. The molecule has 166 valence electrons. The fourth-order valence-electron chi connectivity index (χ4n) is 3.68. The summed E-state index contributed by atoms with van der Waals surface area (Å²) >= 11 is 0. The molecule has 7 nitrogen and oxygen atoms in total. The molecule has 1 fully saturated rings. The number of aliphatic hydroxyl groups excluding tert-OH is 1. The summed E-state index contributed by atoms with van der Waals surface area (Å²) in [6.45, 7) is 5.32. The van der Waals surface area contributed by atoms with Crippen LogP contribution < -0.4 is 0 Å². The number of piperidine rings is 1. The Balaban J connectivity index is 0.000000575. The lowest BCUT2D eigenvalue weighted by molar-refractivity contribution is -0.0501. The van der Waals surface area contributed by atoms with Gasteiger partial charge in [0.2, 0.25) is 0 Å². The van der Waals surface area contributed by atoms with E-state index in [2.05, 4.69) is 4.90 Å². The molecule has 0 saturated carbocycles. The van der Waals surface area contributed by atoms with Crippen molar-refractivity contribution < 1.29 is 28.3 Å². The molecule has 0 spiro atoms. The average molecular weight is 438 g/mol. The van der Waals surface area contributed by atoms with Crippen LogP contribution >= 0.6 is 0 Å². The lowest BCUT2D eigenvalue weighted by Crippen LogP contribution is -2.47. The summed E-state index contributed by atoms with van der Waals surface area (Å²) in [6, 6.07) is 15.0. The van der Waals surface area contributed by atoms with Crippen LogP contribution in [0.4, 0.5) is 0 Å². The van der Waals surface area contributed by atoms with Crippen LogP contribution in [0.5, 0.6) is 5.75 Å². The van der Waals surface area contributed by atoms with Crippen molar-refractivity contribution in [2.24, 2.45) is 0 Å². The molecule has 0 amide bonds. The second-order valence-electron chi connectivity index (χ2n) is 7.90. The molecule has 30 heavy (non-hydrogen) atoms. The van der Waals surface area contributed by atoms with Crippen molar-refractivity contribution in [3.8, 4) is 5.75 Å². The molecule has 1 saturated heterocycles. The molecule has 2 atom stereocenters. The fourth-order valence-corrected chi connectivity index (χ4v) is 3.68. The van der Waals surface area contributed by atoms with Gasteiger partial charge in [-0.3, -0.25) is 9.45 Å². The first-order chi connectivity index (χ1) is 13.9. The summed E-state index contributed by atoms with van der Waals surface area (Å²) in [4.78, 5) is 2.23. The second kappa shape index (κ2) is 9.89. The fraction of sp³-hybridized carbons (Fsp3) is 0.455. The van der Waals surface area contributed by atoms with E-state index in [1.165, 1.54) is 0 Å². The van der Waals surface area contributed by atoms with Crippen LogP contribution in [0.2, 0.25) is 0 Å². The number of aromatic hydroxyl groups is 1. The Bertz CT molecular complexity index is 916. The van der Waals surface area contributed by atoms with Gasteiger partial charge in [0.15, 0.2) is 0 Å². The largest absolute Gasteiger partial charge is 0.508 e. The molecular weight excluding hydrogens is 406 g/mol. The molecule has 0 aromatic heterocycles. The zero-order chi connectivity index (χ0) is 22.5. The lowest BCUT2D eigenvalue weighted by Gasteiger charge is -2.42. The van der Waals surface area contributed by atoms with Gasteiger partial charge < -0.3 is 15.3 Å². The molecule has 8 heteroatoms. The Labute approximate surface area is 178 Å². The van der Waals surface area contributed by atoms with Crippen molar-refractivity contribution in [3.63, 3.8) is 0 Å². The number of phenols is 1. The quantitative estimate of drug-likeness (QED) is 0.543. The van der Waals surface area contributed by atoms with E-state index in [4.69, 9.17) is 4.55 Å². The van der Waals surface area contributed by atoms with Gasteiger partial charge in [-0.1, -0.05) is 36.4 Å². The van der Waals surface area contributed by atoms with E-state index < -0.39 is 21.8 Å². The molecule has 0 unspecified atom stereocenters. The first-order valence-electron chi connectivity index (χ1n) is 9.83. The van der Waals surface area contributed by atoms with E-state index in [1.54, 1.807) is 12.1 Å². The molecular formula is C22H31NO6S. The highest BCUT2D eigenvalue weighted by Crippen LogP contribution is 2.35. The third kappa shape index (κ3) is 6.78. The Morgan fingerprint density at radius 3 is 2.10 bits per heavy atom. The van der Waals surface area contributed by atoms with Gasteiger partial charge in [-0.05, 0) is 55.5 Å². The third-order valence-electron chi connectivity index (χ3n) is 5.53. The number of phenolic OH excluding ortho intramolecular Hbond substituents is 1. The molecule has 0 bridgehead atoms. The van der Waals surface area contributed by atoms with Crippen molar-refractivity contribution in [2.45, 2.75) is 44.4 Å². The molecule has 1 aliphatic heterocycles. The zero-order valence-corrected chi connectivity index (χ0v) is 18.4. The van der Waals surface area contributed by atoms with E-state index in [9.17, 15) is 23.7 Å². The first-order valence-corrected chi connectivity index (χ1v) is 11.7. The van der Waals surface area contributed by atoms with Crippen LogP contribution in [0.15, 0.2) is 48.5 Å². The predicted molar refractivity (Wildman–Crippen MR) is 116 cm³/mol. The van der Waals surface area contributed by atoms with Crippen LogP contribution in [0, 0.1) is 6.92 Å². The SMILES string of the molecule is CS(=O)(=O)O.Cc1cc([C@@H](O)[C@@H](C)N2CCC(O)(c3ccccc3)CC2)ccc1O. The molecule has 4 N–H and O–H groups in total. The maximum Gasteiger partial charge on any atom is 0.261 e. The van der Waals surface area contributed by atoms with Crippen molar-refractivity contribution in [3.05, 3.63) is 65.2 Å². The number of aliphatic hydroxyl groups is 2. The number of nitrogens with zero attached hydrogens (tertiary/aromatic N) is 1. The van der Waals surface area contributed by atoms with Gasteiger partial charge in [-0.15, -0.1) is 0 Å². The Morgan fingerprint density at radius 2 is 1.60 bits per heavy atom. The number of rotatable bonds is 4. The standard InChI is InChI=1S/C21H27NO3.CH4O3S/c1-15-14-17(8-9-19(15)23)20(24)16(2)22-12-10-21(25,11-13-22)18-6-4-3-5-7-18;1-5(2,3)4/h3-9,14,16,20,23-25H,10-13H2,1-2H3;1H3,(H,2,3,4)/t16-,20+;/m1./s1. The molecule has 1 aliphatic rings. The highest BCUT2D eigenvalue weighted by atomic mass is 32.2. The first kappa shape index (κ1) is 24.3. The molecule has 3 rings (SSSR count). The number of likely N-dealkylation sites (tertiary alicyclic amines) is 1. The van der Waals surface area contributed by atoms with Crippen molar-refractivity contribution >= 4 is 10.1 Å². The van der Waals surface area contributed by atoms with E-state index in [0.717, 1.165) is 29.8 Å². The maximum absolute atomic E-state index is 10.9. The van der Waals surface area contributed by atoms with Gasteiger partial charge in [0.25, 0.3) is 10.1 Å². The number of aryl methyl sites for hydroxylation is 1. The molecule has 0 radical (unpaired) electrons. The van der Waals surface area contributed by atoms with Gasteiger partial charge in [0.05, 0.1) is 18.0 Å². The van der Waals surface area contributed by atoms with E-state index in [0.29, 0.717) is 19.1 Å². The summed E-state index contributed by atoms with van der Waals surface area (Å²) in [5.74, 6) is 0.245. The minimum absolute atomic E-state index is 0.0516. The number of hydrogen-bond donors (Lipinski definition) is 4. The molecule has 2 aromatic carbocycles. The molecule has 1 heterocycles. The summed E-state index contributed by atoms with van der Waals surface area (Å²) in [5.41, 5.74) is 1.77. The topological polar surface area (TPSA) is 118 Å².